The summed E-state index contributed by atoms with van der Waals surface area (Å²) in [5, 5.41) is 8.98. The third-order valence-electron chi connectivity index (χ3n) is 3.40. The predicted octanol–water partition coefficient (Wildman–Crippen LogP) is 1.53. The summed E-state index contributed by atoms with van der Waals surface area (Å²) in [7, 11) is -0.692. The van der Waals surface area contributed by atoms with E-state index in [2.05, 4.69) is 15.5 Å². The lowest BCUT2D eigenvalue weighted by Crippen LogP contribution is -2.24. The van der Waals surface area contributed by atoms with Crippen molar-refractivity contribution in [3.05, 3.63) is 41.2 Å². The second-order valence-electron chi connectivity index (χ2n) is 5.14. The quantitative estimate of drug-likeness (QED) is 0.892. The number of nitrogens with zero attached hydrogens (tertiary/aromatic N) is 2. The number of rotatable bonds is 4. The summed E-state index contributed by atoms with van der Waals surface area (Å²) in [4.78, 5) is 12.4. The lowest BCUT2D eigenvalue weighted by atomic mass is 10.1. The maximum absolute atomic E-state index is 12.4. The number of aromatic nitrogens is 2. The molecule has 0 unspecified atom stereocenters. The van der Waals surface area contributed by atoms with Crippen LogP contribution in [0.2, 0.25) is 0 Å². The molecule has 0 saturated carbocycles. The van der Waals surface area contributed by atoms with Gasteiger partial charge in [-0.2, -0.15) is 5.10 Å². The Labute approximate surface area is 129 Å². The van der Waals surface area contributed by atoms with Gasteiger partial charge in [-0.1, -0.05) is 0 Å². The van der Waals surface area contributed by atoms with Gasteiger partial charge in [0, 0.05) is 25.9 Å². The molecule has 0 fully saturated rings. The molecule has 1 heterocycles. The number of nitrogens with one attached hydrogen (secondary N) is 2. The van der Waals surface area contributed by atoms with Crippen molar-refractivity contribution in [3.8, 4) is 0 Å². The van der Waals surface area contributed by atoms with Crippen LogP contribution in [0, 0.1) is 13.8 Å². The first-order chi connectivity index (χ1) is 10.2. The molecule has 2 aromatic rings. The highest BCUT2D eigenvalue weighted by molar-refractivity contribution is 7.89. The SMILES string of the molecule is Cc1cc(C(=O)Nc2cn[nH]c2)cc(S(=O)(=O)N(C)C)c1C. The minimum absolute atomic E-state index is 0.134. The molecular weight excluding hydrogens is 304 g/mol. The van der Waals surface area contributed by atoms with Crippen LogP contribution in [0.15, 0.2) is 29.4 Å². The Hall–Kier alpha value is -2.19. The van der Waals surface area contributed by atoms with Gasteiger partial charge >= 0.3 is 0 Å². The molecule has 1 aromatic carbocycles. The summed E-state index contributed by atoms with van der Waals surface area (Å²) < 4.78 is 25.9. The first-order valence-corrected chi connectivity index (χ1v) is 8.01. The molecule has 118 valence electrons. The molecule has 1 aromatic heterocycles. The maximum atomic E-state index is 12.4. The van der Waals surface area contributed by atoms with Crippen LogP contribution in [0.5, 0.6) is 0 Å². The van der Waals surface area contributed by atoms with Crippen molar-refractivity contribution in [3.63, 3.8) is 0 Å². The Morgan fingerprint density at radius 3 is 2.50 bits per heavy atom. The van der Waals surface area contributed by atoms with Crippen molar-refractivity contribution in [2.75, 3.05) is 19.4 Å². The van der Waals surface area contributed by atoms with E-state index in [1.54, 1.807) is 19.9 Å². The molecule has 0 aliphatic heterocycles. The third kappa shape index (κ3) is 3.02. The summed E-state index contributed by atoms with van der Waals surface area (Å²) in [6.45, 7) is 3.50. The van der Waals surface area contributed by atoms with Crippen LogP contribution in [0.1, 0.15) is 21.5 Å². The molecule has 8 heteroatoms. The van der Waals surface area contributed by atoms with E-state index in [4.69, 9.17) is 0 Å². The van der Waals surface area contributed by atoms with Gasteiger partial charge in [0.1, 0.15) is 0 Å². The number of aromatic amines is 1. The molecule has 22 heavy (non-hydrogen) atoms. The van der Waals surface area contributed by atoms with E-state index < -0.39 is 10.0 Å². The van der Waals surface area contributed by atoms with E-state index in [-0.39, 0.29) is 16.4 Å². The van der Waals surface area contributed by atoms with Gasteiger partial charge in [-0.05, 0) is 37.1 Å². The summed E-state index contributed by atoms with van der Waals surface area (Å²) >= 11 is 0. The number of aryl methyl sites for hydroxylation is 1. The first kappa shape index (κ1) is 16.2. The van der Waals surface area contributed by atoms with Crippen LogP contribution in [0.3, 0.4) is 0 Å². The second-order valence-corrected chi connectivity index (χ2v) is 7.27. The zero-order valence-electron chi connectivity index (χ0n) is 12.8. The van der Waals surface area contributed by atoms with E-state index in [0.29, 0.717) is 11.3 Å². The predicted molar refractivity (Wildman–Crippen MR) is 83.3 cm³/mol. The minimum atomic E-state index is -3.61. The van der Waals surface area contributed by atoms with E-state index in [1.807, 2.05) is 0 Å². The van der Waals surface area contributed by atoms with Gasteiger partial charge in [-0.25, -0.2) is 12.7 Å². The number of hydrogen-bond donors (Lipinski definition) is 2. The first-order valence-electron chi connectivity index (χ1n) is 6.57. The van der Waals surface area contributed by atoms with Crippen molar-refractivity contribution in [1.29, 1.82) is 0 Å². The number of anilines is 1. The van der Waals surface area contributed by atoms with Crippen LogP contribution in [0.25, 0.3) is 0 Å². The third-order valence-corrected chi connectivity index (χ3v) is 5.34. The van der Waals surface area contributed by atoms with Crippen LogP contribution in [-0.2, 0) is 10.0 Å². The molecule has 2 rings (SSSR count). The van der Waals surface area contributed by atoms with Crippen LogP contribution >= 0.6 is 0 Å². The molecule has 1 amide bonds. The van der Waals surface area contributed by atoms with Crippen molar-refractivity contribution in [2.24, 2.45) is 0 Å². The van der Waals surface area contributed by atoms with E-state index in [9.17, 15) is 13.2 Å². The number of carbonyl (C=O) groups is 1. The average molecular weight is 322 g/mol. The van der Waals surface area contributed by atoms with Crippen LogP contribution in [0.4, 0.5) is 5.69 Å². The number of sulfonamides is 1. The number of amides is 1. The molecule has 2 N–H and O–H groups in total. The molecule has 0 atom stereocenters. The fourth-order valence-electron chi connectivity index (χ4n) is 1.95. The van der Waals surface area contributed by atoms with Gasteiger partial charge < -0.3 is 5.32 Å². The maximum Gasteiger partial charge on any atom is 0.255 e. The Bertz CT molecular complexity index is 796. The molecule has 0 aliphatic rings. The van der Waals surface area contributed by atoms with E-state index in [1.165, 1.54) is 32.6 Å². The lowest BCUT2D eigenvalue weighted by Gasteiger charge is -2.16. The standard InChI is InChI=1S/C14H18N4O3S/c1-9-5-11(14(19)17-12-7-15-16-8-12)6-13(10(9)2)22(20,21)18(3)4/h5-8H,1-4H3,(H,15,16)(H,17,19). The van der Waals surface area contributed by atoms with Gasteiger partial charge in [0.05, 0.1) is 16.8 Å². The molecular formula is C14H18N4O3S. The summed E-state index contributed by atoms with van der Waals surface area (Å²) in [5.74, 6) is -0.389. The molecule has 0 bridgehead atoms. The van der Waals surface area contributed by atoms with Crippen molar-refractivity contribution < 1.29 is 13.2 Å². The average Bonchev–Trinajstić information content (AvgIpc) is 2.93. The monoisotopic (exact) mass is 322 g/mol. The Kier molecular flexibility index (Phi) is 4.34. The highest BCUT2D eigenvalue weighted by Crippen LogP contribution is 2.23. The van der Waals surface area contributed by atoms with Crippen LogP contribution < -0.4 is 5.32 Å². The van der Waals surface area contributed by atoms with Crippen molar-refractivity contribution in [2.45, 2.75) is 18.7 Å². The second kappa shape index (κ2) is 5.90. The van der Waals surface area contributed by atoms with Crippen molar-refractivity contribution in [1.82, 2.24) is 14.5 Å². The number of carbonyl (C=O) groups excluding carboxylic acids is 1. The minimum Gasteiger partial charge on any atom is -0.319 e. The zero-order chi connectivity index (χ0) is 16.5. The molecule has 0 saturated heterocycles. The normalized spacial score (nSPS) is 11.7. The van der Waals surface area contributed by atoms with E-state index >= 15 is 0 Å². The fourth-order valence-corrected chi connectivity index (χ4v) is 3.16. The van der Waals surface area contributed by atoms with Gasteiger partial charge in [0.25, 0.3) is 5.91 Å². The molecule has 0 aliphatic carbocycles. The number of benzene rings is 1. The summed E-state index contributed by atoms with van der Waals surface area (Å²) in [5.41, 5.74) is 2.17. The Morgan fingerprint density at radius 2 is 1.95 bits per heavy atom. The highest BCUT2D eigenvalue weighted by atomic mass is 32.2. The number of hydrogen-bond acceptors (Lipinski definition) is 4. The topological polar surface area (TPSA) is 95.2 Å². The van der Waals surface area contributed by atoms with E-state index in [0.717, 1.165) is 9.87 Å². The van der Waals surface area contributed by atoms with Gasteiger partial charge in [-0.15, -0.1) is 0 Å². The number of H-pyrrole nitrogens is 1. The summed E-state index contributed by atoms with van der Waals surface area (Å²) in [6.07, 6.45) is 3.01. The Balaban J connectivity index is 2.47. The smallest absolute Gasteiger partial charge is 0.255 e. The van der Waals surface area contributed by atoms with Gasteiger partial charge in [0.15, 0.2) is 0 Å². The van der Waals surface area contributed by atoms with Gasteiger partial charge in [-0.3, -0.25) is 9.89 Å². The fraction of sp³-hybridized carbons (Fsp3) is 0.286. The van der Waals surface area contributed by atoms with Crippen molar-refractivity contribution >= 4 is 21.6 Å². The van der Waals surface area contributed by atoms with Crippen LogP contribution in [-0.4, -0.2) is 42.9 Å². The zero-order valence-corrected chi connectivity index (χ0v) is 13.7. The Morgan fingerprint density at radius 1 is 1.27 bits per heavy atom. The summed E-state index contributed by atoms with van der Waals surface area (Å²) in [6, 6.07) is 3.06. The molecule has 0 radical (unpaired) electrons. The molecule has 7 nitrogen and oxygen atoms in total. The lowest BCUT2D eigenvalue weighted by molar-refractivity contribution is 0.102. The molecule has 0 spiro atoms. The highest BCUT2D eigenvalue weighted by Gasteiger charge is 2.23. The van der Waals surface area contributed by atoms with Gasteiger partial charge in [0.2, 0.25) is 10.0 Å². The largest absolute Gasteiger partial charge is 0.319 e.